The minimum Gasteiger partial charge on any atom is -0.375 e. The molecule has 80 valence electrons. The smallest absolute Gasteiger partial charge is 0.138 e. The molecule has 0 aromatic rings. The Bertz CT molecular complexity index is 243. The van der Waals surface area contributed by atoms with E-state index in [0.29, 0.717) is 31.8 Å². The van der Waals surface area contributed by atoms with E-state index < -0.39 is 0 Å². The van der Waals surface area contributed by atoms with Crippen LogP contribution in [0.5, 0.6) is 0 Å². The molecule has 3 heteroatoms. The molecule has 0 aromatic carbocycles. The normalized spacial score (nSPS) is 37.4. The second-order valence-corrected chi connectivity index (χ2v) is 5.03. The quantitative estimate of drug-likeness (QED) is 0.594. The van der Waals surface area contributed by atoms with Gasteiger partial charge >= 0.3 is 0 Å². The Morgan fingerprint density at radius 2 is 2.00 bits per heavy atom. The molecule has 1 atom stereocenters. The van der Waals surface area contributed by atoms with E-state index in [1.165, 1.54) is 0 Å². The summed E-state index contributed by atoms with van der Waals surface area (Å²) in [6.07, 6.45) is 2.87. The Morgan fingerprint density at radius 3 is 2.64 bits per heavy atom. The molecule has 0 bridgehead atoms. The van der Waals surface area contributed by atoms with Crippen LogP contribution >= 0.6 is 0 Å². The van der Waals surface area contributed by atoms with E-state index in [2.05, 4.69) is 13.8 Å². The highest BCUT2D eigenvalue weighted by Crippen LogP contribution is 2.39. The van der Waals surface area contributed by atoms with Gasteiger partial charge in [-0.05, 0) is 13.8 Å². The maximum absolute atomic E-state index is 11.4. The molecule has 1 spiro atoms. The van der Waals surface area contributed by atoms with Gasteiger partial charge in [0.05, 0.1) is 24.4 Å². The first-order chi connectivity index (χ1) is 6.52. The number of Topliss-reactive ketones (excluding diaryl/α,β-unsaturated/α-hetero) is 1. The molecule has 2 aliphatic heterocycles. The fourth-order valence-electron chi connectivity index (χ4n) is 2.58. The van der Waals surface area contributed by atoms with Crippen LogP contribution in [-0.4, -0.2) is 30.2 Å². The Labute approximate surface area is 84.8 Å². The lowest BCUT2D eigenvalue weighted by Gasteiger charge is -2.46. The lowest BCUT2D eigenvalue weighted by molar-refractivity contribution is -0.186. The molecule has 0 N–H and O–H groups in total. The van der Waals surface area contributed by atoms with Gasteiger partial charge in [0.25, 0.3) is 0 Å². The zero-order chi connectivity index (χ0) is 10.2. The molecule has 2 saturated heterocycles. The van der Waals surface area contributed by atoms with Crippen LogP contribution in [-0.2, 0) is 14.3 Å². The lowest BCUT2D eigenvalue weighted by atomic mass is 9.79. The van der Waals surface area contributed by atoms with Gasteiger partial charge in [0, 0.05) is 25.7 Å². The number of carbonyl (C=O) groups excluding carboxylic acids is 1. The van der Waals surface area contributed by atoms with Crippen LogP contribution in [0.2, 0.25) is 0 Å². The van der Waals surface area contributed by atoms with E-state index in [0.717, 1.165) is 12.8 Å². The average molecular weight is 198 g/mol. The largest absolute Gasteiger partial charge is 0.375 e. The van der Waals surface area contributed by atoms with E-state index in [9.17, 15) is 4.79 Å². The summed E-state index contributed by atoms with van der Waals surface area (Å²) in [5.74, 6) is 0.342. The standard InChI is InChI=1S/C11H18O3/c1-10(2)8-11(4-6-13-10)7-9(12)3-5-14-11/h3-8H2,1-2H3. The third kappa shape index (κ3) is 1.98. The van der Waals surface area contributed by atoms with Crippen molar-refractivity contribution in [3.8, 4) is 0 Å². The molecule has 3 nitrogen and oxygen atoms in total. The highest BCUT2D eigenvalue weighted by molar-refractivity contribution is 5.80. The summed E-state index contributed by atoms with van der Waals surface area (Å²) in [7, 11) is 0. The third-order valence-electron chi connectivity index (χ3n) is 3.11. The van der Waals surface area contributed by atoms with Crippen molar-refractivity contribution in [3.05, 3.63) is 0 Å². The van der Waals surface area contributed by atoms with Gasteiger partial charge in [-0.15, -0.1) is 0 Å². The first-order valence-corrected chi connectivity index (χ1v) is 5.31. The van der Waals surface area contributed by atoms with E-state index in [-0.39, 0.29) is 11.2 Å². The van der Waals surface area contributed by atoms with Crippen LogP contribution in [0.25, 0.3) is 0 Å². The van der Waals surface area contributed by atoms with E-state index >= 15 is 0 Å². The predicted molar refractivity (Wildman–Crippen MR) is 52.2 cm³/mol. The molecule has 14 heavy (non-hydrogen) atoms. The van der Waals surface area contributed by atoms with Gasteiger partial charge in [-0.1, -0.05) is 0 Å². The predicted octanol–water partition coefficient (Wildman–Crippen LogP) is 1.69. The number of ketones is 1. The highest BCUT2D eigenvalue weighted by atomic mass is 16.5. The molecule has 0 saturated carbocycles. The van der Waals surface area contributed by atoms with Gasteiger partial charge < -0.3 is 9.47 Å². The van der Waals surface area contributed by atoms with Gasteiger partial charge in [0.1, 0.15) is 5.78 Å². The van der Waals surface area contributed by atoms with Crippen molar-refractivity contribution in [1.29, 1.82) is 0 Å². The fraction of sp³-hybridized carbons (Fsp3) is 0.909. The number of hydrogen-bond donors (Lipinski definition) is 0. The maximum atomic E-state index is 11.4. The fourth-order valence-corrected chi connectivity index (χ4v) is 2.58. The van der Waals surface area contributed by atoms with E-state index in [4.69, 9.17) is 9.47 Å². The third-order valence-corrected chi connectivity index (χ3v) is 3.11. The Balaban J connectivity index is 2.10. The van der Waals surface area contributed by atoms with Gasteiger partial charge in [0.15, 0.2) is 0 Å². The molecule has 0 radical (unpaired) electrons. The second-order valence-electron chi connectivity index (χ2n) is 5.03. The van der Waals surface area contributed by atoms with Crippen molar-refractivity contribution >= 4 is 5.78 Å². The molecule has 1 unspecified atom stereocenters. The van der Waals surface area contributed by atoms with Crippen LogP contribution < -0.4 is 0 Å². The maximum Gasteiger partial charge on any atom is 0.138 e. The van der Waals surface area contributed by atoms with Crippen molar-refractivity contribution in [1.82, 2.24) is 0 Å². The summed E-state index contributed by atoms with van der Waals surface area (Å²) in [6.45, 7) is 5.43. The van der Waals surface area contributed by atoms with Crippen molar-refractivity contribution < 1.29 is 14.3 Å². The molecule has 0 aromatic heterocycles. The van der Waals surface area contributed by atoms with Gasteiger partial charge in [-0.25, -0.2) is 0 Å². The molecular formula is C11H18O3. The van der Waals surface area contributed by atoms with Gasteiger partial charge in [0.2, 0.25) is 0 Å². The van der Waals surface area contributed by atoms with Crippen LogP contribution in [0.4, 0.5) is 0 Å². The molecular weight excluding hydrogens is 180 g/mol. The summed E-state index contributed by atoms with van der Waals surface area (Å²) in [5.41, 5.74) is -0.354. The molecule has 2 heterocycles. The summed E-state index contributed by atoms with van der Waals surface area (Å²) in [5, 5.41) is 0. The number of carbonyl (C=O) groups is 1. The Kier molecular flexibility index (Phi) is 2.40. The van der Waals surface area contributed by atoms with Crippen LogP contribution in [0.15, 0.2) is 0 Å². The van der Waals surface area contributed by atoms with Crippen molar-refractivity contribution in [2.75, 3.05) is 13.2 Å². The number of hydrogen-bond acceptors (Lipinski definition) is 3. The van der Waals surface area contributed by atoms with Crippen molar-refractivity contribution in [2.24, 2.45) is 0 Å². The van der Waals surface area contributed by atoms with E-state index in [1.54, 1.807) is 0 Å². The molecule has 2 fully saturated rings. The summed E-state index contributed by atoms with van der Waals surface area (Å²) >= 11 is 0. The SMILES string of the molecule is CC1(C)CC2(CCO1)CC(=O)CCO2. The monoisotopic (exact) mass is 198 g/mol. The first-order valence-electron chi connectivity index (χ1n) is 5.31. The van der Waals surface area contributed by atoms with Gasteiger partial charge in [-0.3, -0.25) is 4.79 Å². The van der Waals surface area contributed by atoms with Crippen LogP contribution in [0.1, 0.15) is 39.5 Å². The van der Waals surface area contributed by atoms with Crippen molar-refractivity contribution in [2.45, 2.75) is 50.7 Å². The van der Waals surface area contributed by atoms with Gasteiger partial charge in [-0.2, -0.15) is 0 Å². The number of ether oxygens (including phenoxy) is 2. The van der Waals surface area contributed by atoms with Crippen LogP contribution in [0.3, 0.4) is 0 Å². The molecule has 2 rings (SSSR count). The van der Waals surface area contributed by atoms with Crippen LogP contribution in [0, 0.1) is 0 Å². The minimum absolute atomic E-state index is 0.143. The Hall–Kier alpha value is -0.410. The minimum atomic E-state index is -0.211. The Morgan fingerprint density at radius 1 is 1.21 bits per heavy atom. The zero-order valence-electron chi connectivity index (χ0n) is 8.97. The second kappa shape index (κ2) is 3.31. The first kappa shape index (κ1) is 10.1. The zero-order valence-corrected chi connectivity index (χ0v) is 8.97. The van der Waals surface area contributed by atoms with E-state index in [1.807, 2.05) is 0 Å². The summed E-state index contributed by atoms with van der Waals surface area (Å²) in [4.78, 5) is 11.4. The summed E-state index contributed by atoms with van der Waals surface area (Å²) < 4.78 is 11.4. The lowest BCUT2D eigenvalue weighted by Crippen LogP contribution is -2.50. The summed E-state index contributed by atoms with van der Waals surface area (Å²) in [6, 6.07) is 0. The average Bonchev–Trinajstić information content (AvgIpc) is 2.00. The topological polar surface area (TPSA) is 35.5 Å². The highest BCUT2D eigenvalue weighted by Gasteiger charge is 2.44. The molecule has 0 aliphatic carbocycles. The number of rotatable bonds is 0. The molecule has 0 amide bonds. The molecule has 2 aliphatic rings. The van der Waals surface area contributed by atoms with Crippen molar-refractivity contribution in [3.63, 3.8) is 0 Å².